The first-order valence-corrected chi connectivity index (χ1v) is 5.91. The second-order valence-electron chi connectivity index (χ2n) is 4.21. The van der Waals surface area contributed by atoms with Gasteiger partial charge in [0.15, 0.2) is 0 Å². The van der Waals surface area contributed by atoms with E-state index in [1.807, 2.05) is 0 Å². The second-order valence-corrected chi connectivity index (χ2v) is 4.21. The van der Waals surface area contributed by atoms with Crippen LogP contribution in [-0.4, -0.2) is 53.4 Å². The van der Waals surface area contributed by atoms with E-state index in [0.29, 0.717) is 6.54 Å². The fraction of sp³-hybridized carbons (Fsp3) is 0.500. The number of ether oxygens (including phenoxy) is 1. The minimum atomic E-state index is -1.08. The number of hydrogen-bond donors (Lipinski definition) is 1. The molecule has 6 heteroatoms. The fourth-order valence-corrected chi connectivity index (χ4v) is 1.90. The van der Waals surface area contributed by atoms with E-state index in [0.717, 1.165) is 38.9 Å². The summed E-state index contributed by atoms with van der Waals surface area (Å²) in [5.41, 5.74) is -0.245. The maximum Gasteiger partial charge on any atom is 0.335 e. The summed E-state index contributed by atoms with van der Waals surface area (Å²) in [5, 5.41) is 8.76. The summed E-state index contributed by atoms with van der Waals surface area (Å²) in [6.07, 6.45) is 1.53. The first-order chi connectivity index (χ1) is 8.66. The van der Waals surface area contributed by atoms with E-state index in [2.05, 4.69) is 4.90 Å². The van der Waals surface area contributed by atoms with Crippen molar-refractivity contribution in [2.75, 3.05) is 32.8 Å². The zero-order chi connectivity index (χ0) is 13.0. The Kier molecular flexibility index (Phi) is 4.11. The van der Waals surface area contributed by atoms with Crippen LogP contribution in [0.1, 0.15) is 10.4 Å². The van der Waals surface area contributed by atoms with Gasteiger partial charge in [-0.3, -0.25) is 9.69 Å². The van der Waals surface area contributed by atoms with Crippen LogP contribution in [0.3, 0.4) is 0 Å². The summed E-state index contributed by atoms with van der Waals surface area (Å²) < 4.78 is 6.77. The first kappa shape index (κ1) is 12.8. The van der Waals surface area contributed by atoms with E-state index in [4.69, 9.17) is 9.84 Å². The van der Waals surface area contributed by atoms with Gasteiger partial charge in [0.05, 0.1) is 18.8 Å². The molecule has 1 saturated heterocycles. The summed E-state index contributed by atoms with van der Waals surface area (Å²) in [5.74, 6) is -1.08. The molecular formula is C12H16N2O4. The SMILES string of the molecule is O=C(O)c1ccn(CCN2CCOCC2)c(=O)c1. The number of carboxylic acid groups (broad SMARTS) is 1. The quantitative estimate of drug-likeness (QED) is 0.808. The van der Waals surface area contributed by atoms with Crippen LogP contribution < -0.4 is 5.56 Å². The summed E-state index contributed by atoms with van der Waals surface area (Å²) in [6.45, 7) is 4.55. The predicted molar refractivity (Wildman–Crippen MR) is 64.9 cm³/mol. The lowest BCUT2D eigenvalue weighted by atomic mass is 10.3. The lowest BCUT2D eigenvalue weighted by molar-refractivity contribution is 0.0362. The van der Waals surface area contributed by atoms with Crippen molar-refractivity contribution in [3.05, 3.63) is 34.2 Å². The Hall–Kier alpha value is -1.66. The van der Waals surface area contributed by atoms with E-state index in [9.17, 15) is 9.59 Å². The normalized spacial score (nSPS) is 16.7. The number of carbonyl (C=O) groups is 1. The molecule has 1 N–H and O–H groups in total. The molecule has 0 unspecified atom stereocenters. The number of rotatable bonds is 4. The molecule has 1 aromatic heterocycles. The van der Waals surface area contributed by atoms with Crippen molar-refractivity contribution in [3.8, 4) is 0 Å². The third kappa shape index (κ3) is 3.18. The van der Waals surface area contributed by atoms with E-state index in [1.54, 1.807) is 0 Å². The lowest BCUT2D eigenvalue weighted by Gasteiger charge is -2.26. The molecule has 0 bridgehead atoms. The predicted octanol–water partition coefficient (Wildman–Crippen LogP) is -0.121. The molecule has 98 valence electrons. The van der Waals surface area contributed by atoms with E-state index in [-0.39, 0.29) is 11.1 Å². The highest BCUT2D eigenvalue weighted by Gasteiger charge is 2.10. The van der Waals surface area contributed by atoms with E-state index < -0.39 is 5.97 Å². The van der Waals surface area contributed by atoms with Crippen molar-refractivity contribution in [2.24, 2.45) is 0 Å². The fourth-order valence-electron chi connectivity index (χ4n) is 1.90. The Labute approximate surface area is 104 Å². The van der Waals surface area contributed by atoms with Crippen LogP contribution in [0, 0.1) is 0 Å². The Morgan fingerprint density at radius 2 is 2.06 bits per heavy atom. The van der Waals surface area contributed by atoms with Gasteiger partial charge in [-0.15, -0.1) is 0 Å². The molecule has 1 aromatic rings. The topological polar surface area (TPSA) is 71.8 Å². The molecule has 2 heterocycles. The monoisotopic (exact) mass is 252 g/mol. The Bertz CT molecular complexity index is 477. The van der Waals surface area contributed by atoms with Gasteiger partial charge in [0, 0.05) is 38.4 Å². The maximum atomic E-state index is 11.7. The van der Waals surface area contributed by atoms with Gasteiger partial charge in [0.1, 0.15) is 0 Å². The highest BCUT2D eigenvalue weighted by Crippen LogP contribution is 1.98. The molecule has 0 radical (unpaired) electrons. The molecular weight excluding hydrogens is 236 g/mol. The number of morpholine rings is 1. The van der Waals surface area contributed by atoms with Crippen molar-refractivity contribution in [1.82, 2.24) is 9.47 Å². The minimum Gasteiger partial charge on any atom is -0.478 e. The Balaban J connectivity index is 1.97. The molecule has 0 saturated carbocycles. The molecule has 0 amide bonds. The highest BCUT2D eigenvalue weighted by molar-refractivity contribution is 5.87. The summed E-state index contributed by atoms with van der Waals surface area (Å²) in [7, 11) is 0. The van der Waals surface area contributed by atoms with Crippen LogP contribution in [0.2, 0.25) is 0 Å². The Morgan fingerprint density at radius 3 is 2.67 bits per heavy atom. The van der Waals surface area contributed by atoms with Gasteiger partial charge >= 0.3 is 5.97 Å². The summed E-state index contributed by atoms with van der Waals surface area (Å²) in [4.78, 5) is 24.6. The molecule has 1 fully saturated rings. The zero-order valence-electron chi connectivity index (χ0n) is 10.0. The Morgan fingerprint density at radius 1 is 1.33 bits per heavy atom. The minimum absolute atomic E-state index is 0.0302. The van der Waals surface area contributed by atoms with Crippen LogP contribution in [0.5, 0.6) is 0 Å². The molecule has 1 aliphatic heterocycles. The maximum absolute atomic E-state index is 11.7. The average molecular weight is 252 g/mol. The van der Waals surface area contributed by atoms with Crippen LogP contribution >= 0.6 is 0 Å². The van der Waals surface area contributed by atoms with Gasteiger partial charge in [0.25, 0.3) is 5.56 Å². The molecule has 1 aliphatic rings. The van der Waals surface area contributed by atoms with Crippen molar-refractivity contribution in [1.29, 1.82) is 0 Å². The second kappa shape index (κ2) is 5.79. The van der Waals surface area contributed by atoms with Gasteiger partial charge in [0.2, 0.25) is 0 Å². The van der Waals surface area contributed by atoms with Crippen LogP contribution in [0.15, 0.2) is 23.1 Å². The molecule has 0 spiro atoms. The molecule has 0 atom stereocenters. The third-order valence-electron chi connectivity index (χ3n) is 3.00. The standard InChI is InChI=1S/C12H16N2O4/c15-11-9-10(12(16)17)1-2-14(11)4-3-13-5-7-18-8-6-13/h1-2,9H,3-8H2,(H,16,17). The highest BCUT2D eigenvalue weighted by atomic mass is 16.5. The lowest BCUT2D eigenvalue weighted by Crippen LogP contribution is -2.39. The van der Waals surface area contributed by atoms with Gasteiger partial charge in [-0.1, -0.05) is 0 Å². The van der Waals surface area contributed by atoms with Crippen LogP contribution in [-0.2, 0) is 11.3 Å². The third-order valence-corrected chi connectivity index (χ3v) is 3.00. The van der Waals surface area contributed by atoms with Crippen molar-refractivity contribution in [2.45, 2.75) is 6.54 Å². The molecule has 6 nitrogen and oxygen atoms in total. The van der Waals surface area contributed by atoms with E-state index in [1.165, 1.54) is 16.8 Å². The summed E-state index contributed by atoms with van der Waals surface area (Å²) >= 11 is 0. The largest absolute Gasteiger partial charge is 0.478 e. The molecule has 2 rings (SSSR count). The number of nitrogens with zero attached hydrogens (tertiary/aromatic N) is 2. The number of aromatic nitrogens is 1. The number of aromatic carboxylic acids is 1. The summed E-state index contributed by atoms with van der Waals surface area (Å²) in [6, 6.07) is 2.60. The van der Waals surface area contributed by atoms with Gasteiger partial charge in [-0.2, -0.15) is 0 Å². The zero-order valence-corrected chi connectivity index (χ0v) is 10.0. The van der Waals surface area contributed by atoms with Crippen LogP contribution in [0.4, 0.5) is 0 Å². The molecule has 0 aliphatic carbocycles. The van der Waals surface area contributed by atoms with Crippen molar-refractivity contribution < 1.29 is 14.6 Å². The first-order valence-electron chi connectivity index (χ1n) is 5.91. The number of hydrogen-bond acceptors (Lipinski definition) is 4. The average Bonchev–Trinajstić information content (AvgIpc) is 2.38. The van der Waals surface area contributed by atoms with Gasteiger partial charge < -0.3 is 14.4 Å². The van der Waals surface area contributed by atoms with Crippen molar-refractivity contribution in [3.63, 3.8) is 0 Å². The molecule has 0 aromatic carbocycles. The van der Waals surface area contributed by atoms with Crippen LogP contribution in [0.25, 0.3) is 0 Å². The number of pyridine rings is 1. The van der Waals surface area contributed by atoms with E-state index >= 15 is 0 Å². The van der Waals surface area contributed by atoms with Crippen molar-refractivity contribution >= 4 is 5.97 Å². The molecule has 18 heavy (non-hydrogen) atoms. The smallest absolute Gasteiger partial charge is 0.335 e. The van der Waals surface area contributed by atoms with Gasteiger partial charge in [-0.05, 0) is 6.07 Å². The van der Waals surface area contributed by atoms with Gasteiger partial charge in [-0.25, -0.2) is 4.79 Å². The number of carboxylic acids is 1.